The van der Waals surface area contributed by atoms with Gasteiger partial charge in [0.25, 0.3) is 5.91 Å². The van der Waals surface area contributed by atoms with E-state index in [0.29, 0.717) is 10.0 Å². The second-order valence-electron chi connectivity index (χ2n) is 5.09. The number of thiophene rings is 1. The van der Waals surface area contributed by atoms with Crippen LogP contribution in [0.3, 0.4) is 0 Å². The number of hydrogen-bond acceptors (Lipinski definition) is 3. The maximum Gasteiger partial charge on any atom is 0.326 e. The van der Waals surface area contributed by atoms with Crippen LogP contribution in [0.2, 0.25) is 10.0 Å². The van der Waals surface area contributed by atoms with E-state index in [1.807, 2.05) is 23.6 Å². The van der Waals surface area contributed by atoms with Gasteiger partial charge in [-0.1, -0.05) is 47.5 Å². The van der Waals surface area contributed by atoms with E-state index in [1.165, 1.54) is 11.3 Å². The average Bonchev–Trinajstić information content (AvgIpc) is 3.04. The number of hydrogen-bond donors (Lipinski definition) is 2. The van der Waals surface area contributed by atoms with Gasteiger partial charge in [0.2, 0.25) is 0 Å². The fourth-order valence-electron chi connectivity index (χ4n) is 2.15. The summed E-state index contributed by atoms with van der Waals surface area (Å²) in [6.45, 7) is 0. The number of carbonyl (C=O) groups is 2. The van der Waals surface area contributed by atoms with Gasteiger partial charge in [-0.05, 0) is 41.5 Å². The molecule has 3 rings (SSSR count). The molecule has 0 fully saturated rings. The smallest absolute Gasteiger partial charge is 0.299 e. The first-order chi connectivity index (χ1) is 12.0. The second-order valence-corrected chi connectivity index (χ2v) is 6.85. The number of halogens is 2. The molecule has 4 nitrogen and oxygen atoms in total. The third-order valence-corrected chi connectivity index (χ3v) is 4.79. The van der Waals surface area contributed by atoms with E-state index in [0.717, 1.165) is 11.1 Å². The zero-order chi connectivity index (χ0) is 17.8. The average molecular weight is 391 g/mol. The summed E-state index contributed by atoms with van der Waals surface area (Å²) in [7, 11) is 0. The minimum Gasteiger partial charge on any atom is -0.299 e. The lowest BCUT2D eigenvalue weighted by molar-refractivity contribution is 0.0967. The Bertz CT molecular complexity index is 923. The summed E-state index contributed by atoms with van der Waals surface area (Å²) in [5.74, 6) is -0.558. The van der Waals surface area contributed by atoms with Gasteiger partial charge >= 0.3 is 6.03 Å². The fraction of sp³-hybridized carbons (Fsp3) is 0. The van der Waals surface area contributed by atoms with E-state index < -0.39 is 11.9 Å². The molecule has 0 aliphatic rings. The summed E-state index contributed by atoms with van der Waals surface area (Å²) in [5.41, 5.74) is 2.18. The van der Waals surface area contributed by atoms with Crippen molar-refractivity contribution in [2.45, 2.75) is 0 Å². The highest BCUT2D eigenvalue weighted by Gasteiger charge is 2.14. The maximum absolute atomic E-state index is 12.1. The number of anilines is 1. The number of carbonyl (C=O) groups excluding carboxylic acids is 2. The number of imide groups is 1. The molecule has 2 aromatic carbocycles. The lowest BCUT2D eigenvalue weighted by Crippen LogP contribution is -2.34. The maximum atomic E-state index is 12.1. The van der Waals surface area contributed by atoms with Crippen LogP contribution >= 0.6 is 34.5 Å². The molecule has 0 spiro atoms. The van der Waals surface area contributed by atoms with Crippen molar-refractivity contribution in [1.82, 2.24) is 5.32 Å². The molecular weight excluding hydrogens is 379 g/mol. The Hall–Kier alpha value is -2.34. The third kappa shape index (κ3) is 4.39. The molecule has 3 aromatic rings. The van der Waals surface area contributed by atoms with Crippen molar-refractivity contribution < 1.29 is 9.59 Å². The molecule has 3 amide bonds. The molecule has 7 heteroatoms. The Kier molecular flexibility index (Phi) is 5.38. The molecule has 126 valence electrons. The van der Waals surface area contributed by atoms with Gasteiger partial charge in [0, 0.05) is 10.4 Å². The van der Waals surface area contributed by atoms with Crippen LogP contribution in [0.15, 0.2) is 60.0 Å². The first-order valence-electron chi connectivity index (χ1n) is 7.24. The molecular formula is C18H12Cl2N2O2S. The molecule has 0 radical (unpaired) electrons. The standard InChI is InChI=1S/C18H12Cl2N2O2S/c19-13-7-5-11(6-8-13)12-9-16(25-10-12)21-18(24)22-17(23)14-3-1-2-4-15(14)20/h1-10H,(H2,21,22,23,24). The molecule has 0 atom stereocenters. The lowest BCUT2D eigenvalue weighted by Gasteiger charge is -2.06. The SMILES string of the molecule is O=C(NC(=O)c1ccccc1Cl)Nc1cc(-c2ccc(Cl)cc2)cs1. The van der Waals surface area contributed by atoms with Crippen molar-refractivity contribution in [1.29, 1.82) is 0 Å². The van der Waals surface area contributed by atoms with Crippen molar-refractivity contribution in [2.24, 2.45) is 0 Å². The Morgan fingerprint density at radius 3 is 2.36 bits per heavy atom. The number of urea groups is 1. The van der Waals surface area contributed by atoms with Crippen LogP contribution in [-0.2, 0) is 0 Å². The molecule has 0 saturated heterocycles. The van der Waals surface area contributed by atoms with Gasteiger partial charge in [-0.25, -0.2) is 4.79 Å². The van der Waals surface area contributed by atoms with Gasteiger partial charge in [0.15, 0.2) is 0 Å². The monoisotopic (exact) mass is 390 g/mol. The molecule has 0 bridgehead atoms. The molecule has 1 heterocycles. The van der Waals surface area contributed by atoms with Gasteiger partial charge in [0.1, 0.15) is 0 Å². The Morgan fingerprint density at radius 2 is 1.64 bits per heavy atom. The highest BCUT2D eigenvalue weighted by Crippen LogP contribution is 2.29. The summed E-state index contributed by atoms with van der Waals surface area (Å²) in [4.78, 5) is 24.1. The predicted molar refractivity (Wildman–Crippen MR) is 103 cm³/mol. The fourth-order valence-corrected chi connectivity index (χ4v) is 3.31. The molecule has 2 N–H and O–H groups in total. The number of benzene rings is 2. The van der Waals surface area contributed by atoms with E-state index >= 15 is 0 Å². The third-order valence-electron chi connectivity index (χ3n) is 3.36. The van der Waals surface area contributed by atoms with Crippen LogP contribution in [0.4, 0.5) is 9.80 Å². The molecule has 0 aliphatic heterocycles. The van der Waals surface area contributed by atoms with Crippen molar-refractivity contribution in [3.05, 3.63) is 75.6 Å². The van der Waals surface area contributed by atoms with Gasteiger partial charge in [-0.2, -0.15) is 0 Å². The number of amides is 3. The van der Waals surface area contributed by atoms with Crippen molar-refractivity contribution in [3.63, 3.8) is 0 Å². The van der Waals surface area contributed by atoms with E-state index in [-0.39, 0.29) is 10.6 Å². The van der Waals surface area contributed by atoms with Crippen LogP contribution in [-0.4, -0.2) is 11.9 Å². The molecule has 25 heavy (non-hydrogen) atoms. The summed E-state index contributed by atoms with van der Waals surface area (Å²) < 4.78 is 0. The molecule has 1 aromatic heterocycles. The molecule has 0 saturated carbocycles. The zero-order valence-corrected chi connectivity index (χ0v) is 15.1. The topological polar surface area (TPSA) is 58.2 Å². The highest BCUT2D eigenvalue weighted by molar-refractivity contribution is 7.14. The van der Waals surface area contributed by atoms with Crippen LogP contribution in [0.1, 0.15) is 10.4 Å². The van der Waals surface area contributed by atoms with Crippen LogP contribution < -0.4 is 10.6 Å². The van der Waals surface area contributed by atoms with E-state index in [4.69, 9.17) is 23.2 Å². The van der Waals surface area contributed by atoms with Crippen molar-refractivity contribution >= 4 is 51.5 Å². The number of rotatable bonds is 3. The predicted octanol–water partition coefficient (Wildman–Crippen LogP) is 5.68. The normalized spacial score (nSPS) is 10.3. The van der Waals surface area contributed by atoms with E-state index in [9.17, 15) is 9.59 Å². The van der Waals surface area contributed by atoms with Crippen LogP contribution in [0, 0.1) is 0 Å². The quantitative estimate of drug-likeness (QED) is 0.603. The first kappa shape index (κ1) is 17.5. The largest absolute Gasteiger partial charge is 0.326 e. The summed E-state index contributed by atoms with van der Waals surface area (Å²) in [5, 5.41) is 8.38. The van der Waals surface area contributed by atoms with Gasteiger partial charge in [-0.3, -0.25) is 15.4 Å². The van der Waals surface area contributed by atoms with Crippen molar-refractivity contribution in [2.75, 3.05) is 5.32 Å². The first-order valence-corrected chi connectivity index (χ1v) is 8.88. The number of nitrogens with one attached hydrogen (secondary N) is 2. The highest BCUT2D eigenvalue weighted by atomic mass is 35.5. The van der Waals surface area contributed by atoms with Gasteiger partial charge in [-0.15, -0.1) is 11.3 Å². The van der Waals surface area contributed by atoms with Gasteiger partial charge in [0.05, 0.1) is 15.6 Å². The zero-order valence-electron chi connectivity index (χ0n) is 12.8. The summed E-state index contributed by atoms with van der Waals surface area (Å²) >= 11 is 13.2. The van der Waals surface area contributed by atoms with Crippen LogP contribution in [0.25, 0.3) is 11.1 Å². The molecule has 0 unspecified atom stereocenters. The minimum absolute atomic E-state index is 0.243. The Labute approximate surface area is 158 Å². The van der Waals surface area contributed by atoms with Crippen LogP contribution in [0.5, 0.6) is 0 Å². The second kappa shape index (κ2) is 7.70. The van der Waals surface area contributed by atoms with E-state index in [2.05, 4.69) is 10.6 Å². The minimum atomic E-state index is -0.616. The Balaban J connectivity index is 1.65. The van der Waals surface area contributed by atoms with Crippen molar-refractivity contribution in [3.8, 4) is 11.1 Å². The summed E-state index contributed by atoms with van der Waals surface area (Å²) in [6, 6.07) is 15.1. The van der Waals surface area contributed by atoms with Gasteiger partial charge < -0.3 is 0 Å². The van der Waals surface area contributed by atoms with E-state index in [1.54, 1.807) is 36.4 Å². The summed E-state index contributed by atoms with van der Waals surface area (Å²) in [6.07, 6.45) is 0. The Morgan fingerprint density at radius 1 is 0.920 bits per heavy atom. The lowest BCUT2D eigenvalue weighted by atomic mass is 10.1. The molecule has 0 aliphatic carbocycles.